The molecule has 0 saturated carbocycles. The first kappa shape index (κ1) is 17.1. The Balaban J connectivity index is 1.87. The van der Waals surface area contributed by atoms with Gasteiger partial charge in [-0.05, 0) is 29.8 Å². The Labute approximate surface area is 156 Å². The number of morpholine rings is 2. The highest BCUT2D eigenvalue weighted by Crippen LogP contribution is 2.35. The van der Waals surface area contributed by atoms with E-state index in [-0.39, 0.29) is 0 Å². The van der Waals surface area contributed by atoms with Crippen molar-refractivity contribution < 1.29 is 9.47 Å². The van der Waals surface area contributed by atoms with Crippen LogP contribution in [0.3, 0.4) is 0 Å². The predicted molar refractivity (Wildman–Crippen MR) is 101 cm³/mol. The summed E-state index contributed by atoms with van der Waals surface area (Å²) < 4.78 is 13.9. The number of nitrogens with zero attached hydrogens (tertiary/aromatic N) is 5. The highest BCUT2D eigenvalue weighted by atomic mass is 79.9. The van der Waals surface area contributed by atoms with Crippen molar-refractivity contribution in [1.29, 1.82) is 0 Å². The molecule has 0 spiro atoms. The zero-order valence-corrected chi connectivity index (χ0v) is 16.5. The number of aryl methyl sites for hydroxylation is 1. The van der Waals surface area contributed by atoms with Crippen LogP contribution in [0.15, 0.2) is 10.7 Å². The molecule has 4 rings (SSSR count). The monoisotopic (exact) mass is 409 g/mol. The van der Waals surface area contributed by atoms with Crippen LogP contribution in [0.2, 0.25) is 0 Å². The molecule has 2 atom stereocenters. The third-order valence-corrected chi connectivity index (χ3v) is 5.59. The minimum absolute atomic E-state index is 0.309. The minimum Gasteiger partial charge on any atom is -0.377 e. The zero-order valence-electron chi connectivity index (χ0n) is 14.9. The number of ether oxygens (including phenoxy) is 2. The summed E-state index contributed by atoms with van der Waals surface area (Å²) >= 11 is 3.58. The Morgan fingerprint density at radius 3 is 2.36 bits per heavy atom. The molecule has 2 fully saturated rings. The Kier molecular flexibility index (Phi) is 4.59. The Morgan fingerprint density at radius 2 is 1.72 bits per heavy atom. The highest BCUT2D eigenvalue weighted by Gasteiger charge is 2.27. The lowest BCUT2D eigenvalue weighted by Crippen LogP contribution is -2.45. The lowest BCUT2D eigenvalue weighted by Gasteiger charge is -2.38. The summed E-state index contributed by atoms with van der Waals surface area (Å²) in [4.78, 5) is 9.68. The van der Waals surface area contributed by atoms with Gasteiger partial charge in [0, 0.05) is 32.2 Å². The van der Waals surface area contributed by atoms with Crippen LogP contribution in [-0.2, 0) is 16.5 Å². The van der Waals surface area contributed by atoms with E-state index in [1.54, 1.807) is 0 Å². The van der Waals surface area contributed by atoms with Gasteiger partial charge in [0.15, 0.2) is 4.60 Å². The number of halogens is 1. The molecule has 0 bridgehead atoms. The number of rotatable bonds is 2. The molecule has 4 heterocycles. The average Bonchev–Trinajstić information content (AvgIpc) is 2.89. The molecule has 0 aromatic carbocycles. The number of fused-ring (bicyclic) bond motifs is 1. The molecule has 2 aliphatic rings. The first-order valence-corrected chi connectivity index (χ1v) is 9.57. The lowest BCUT2D eigenvalue weighted by molar-refractivity contribution is 0.0981. The molecule has 0 unspecified atom stereocenters. The molecular formula is C17H24BrN5O2. The van der Waals surface area contributed by atoms with Crippen molar-refractivity contribution in [2.24, 2.45) is 7.05 Å². The van der Waals surface area contributed by atoms with E-state index < -0.39 is 0 Å². The molecule has 0 N–H and O–H groups in total. The first-order valence-electron chi connectivity index (χ1n) is 8.78. The van der Waals surface area contributed by atoms with Gasteiger partial charge >= 0.3 is 0 Å². The summed E-state index contributed by atoms with van der Waals surface area (Å²) in [7, 11) is 1.97. The van der Waals surface area contributed by atoms with E-state index in [9.17, 15) is 0 Å². The summed E-state index contributed by atoms with van der Waals surface area (Å²) in [6.45, 7) is 9.08. The van der Waals surface area contributed by atoms with Gasteiger partial charge in [-0.1, -0.05) is 0 Å². The molecule has 2 aliphatic heterocycles. The topological polar surface area (TPSA) is 55.6 Å². The summed E-state index contributed by atoms with van der Waals surface area (Å²) in [6, 6.07) is 2.84. The molecule has 2 aromatic heterocycles. The number of hydrogen-bond donors (Lipinski definition) is 0. The van der Waals surface area contributed by atoms with Crippen molar-refractivity contribution in [1.82, 2.24) is 14.8 Å². The predicted octanol–water partition coefficient (Wildman–Crippen LogP) is 2.18. The second-order valence-corrected chi connectivity index (χ2v) is 7.60. The molecule has 2 saturated heterocycles. The molecular weight excluding hydrogens is 386 g/mol. The standard InChI is InChI=1S/C17H24BrN5O2/c1-11-9-24-6-4-22(11)13-8-14(23-5-7-25-10-12(23)2)19-15-16(13)21(3)20-17(15)18/h8,11-12H,4-7,9-10H2,1-3H3/t11-,12-/m1/s1. The van der Waals surface area contributed by atoms with E-state index in [0.717, 1.165) is 61.0 Å². The van der Waals surface area contributed by atoms with Gasteiger partial charge in [-0.25, -0.2) is 4.98 Å². The number of aromatic nitrogens is 3. The Morgan fingerprint density at radius 1 is 1.08 bits per heavy atom. The molecule has 8 heteroatoms. The van der Waals surface area contributed by atoms with Crippen LogP contribution in [-0.4, -0.2) is 66.4 Å². The van der Waals surface area contributed by atoms with Gasteiger partial charge in [0.1, 0.15) is 16.9 Å². The fourth-order valence-electron chi connectivity index (χ4n) is 3.72. The molecule has 0 amide bonds. The fraction of sp³-hybridized carbons (Fsp3) is 0.647. The quantitative estimate of drug-likeness (QED) is 0.757. The molecule has 136 valence electrons. The van der Waals surface area contributed by atoms with Gasteiger partial charge in [-0.15, -0.1) is 0 Å². The van der Waals surface area contributed by atoms with Crippen LogP contribution in [0.5, 0.6) is 0 Å². The summed E-state index contributed by atoms with van der Waals surface area (Å²) in [5.41, 5.74) is 3.15. The van der Waals surface area contributed by atoms with Gasteiger partial charge in [0.25, 0.3) is 0 Å². The zero-order chi connectivity index (χ0) is 17.6. The SMILES string of the molecule is C[C@@H]1COCCN1c1cc(N2CCOC[C@H]2C)c2c(n1)c(Br)nn2C. The van der Waals surface area contributed by atoms with Gasteiger partial charge < -0.3 is 19.3 Å². The van der Waals surface area contributed by atoms with Gasteiger partial charge in [0.05, 0.1) is 38.2 Å². The van der Waals surface area contributed by atoms with Crippen molar-refractivity contribution in [3.63, 3.8) is 0 Å². The van der Waals surface area contributed by atoms with Crippen LogP contribution in [0.1, 0.15) is 13.8 Å². The lowest BCUT2D eigenvalue weighted by atomic mass is 10.1. The molecule has 0 radical (unpaired) electrons. The average molecular weight is 410 g/mol. The van der Waals surface area contributed by atoms with Crippen molar-refractivity contribution in [2.45, 2.75) is 25.9 Å². The first-order chi connectivity index (χ1) is 12.1. The van der Waals surface area contributed by atoms with E-state index in [2.05, 4.69) is 50.7 Å². The van der Waals surface area contributed by atoms with E-state index in [1.165, 1.54) is 5.69 Å². The fourth-order valence-corrected chi connectivity index (χ4v) is 4.24. The Hall–Kier alpha value is -1.38. The number of anilines is 2. The van der Waals surface area contributed by atoms with Gasteiger partial charge in [0.2, 0.25) is 0 Å². The maximum absolute atomic E-state index is 5.63. The maximum Gasteiger partial charge on any atom is 0.154 e. The van der Waals surface area contributed by atoms with E-state index in [0.29, 0.717) is 12.1 Å². The van der Waals surface area contributed by atoms with E-state index in [1.807, 2.05) is 11.7 Å². The highest BCUT2D eigenvalue weighted by molar-refractivity contribution is 9.10. The van der Waals surface area contributed by atoms with Gasteiger partial charge in [-0.2, -0.15) is 5.10 Å². The minimum atomic E-state index is 0.309. The van der Waals surface area contributed by atoms with Gasteiger partial charge in [-0.3, -0.25) is 4.68 Å². The van der Waals surface area contributed by atoms with Crippen molar-refractivity contribution in [2.75, 3.05) is 49.3 Å². The molecule has 7 nitrogen and oxygen atoms in total. The van der Waals surface area contributed by atoms with Crippen LogP contribution < -0.4 is 9.80 Å². The third kappa shape index (κ3) is 3.00. The van der Waals surface area contributed by atoms with Crippen LogP contribution in [0, 0.1) is 0 Å². The van der Waals surface area contributed by atoms with Crippen LogP contribution in [0.25, 0.3) is 11.0 Å². The molecule has 2 aromatic rings. The summed E-state index contributed by atoms with van der Waals surface area (Å²) in [5, 5.41) is 4.55. The molecule has 25 heavy (non-hydrogen) atoms. The third-order valence-electron chi connectivity index (χ3n) is 5.05. The largest absolute Gasteiger partial charge is 0.377 e. The number of hydrogen-bond acceptors (Lipinski definition) is 6. The van der Waals surface area contributed by atoms with E-state index in [4.69, 9.17) is 14.5 Å². The van der Waals surface area contributed by atoms with E-state index >= 15 is 0 Å². The normalized spacial score (nSPS) is 25.0. The molecule has 0 aliphatic carbocycles. The number of pyridine rings is 1. The van der Waals surface area contributed by atoms with Crippen molar-refractivity contribution in [3.05, 3.63) is 10.7 Å². The summed E-state index contributed by atoms with van der Waals surface area (Å²) in [6.07, 6.45) is 0. The maximum atomic E-state index is 5.63. The summed E-state index contributed by atoms with van der Waals surface area (Å²) in [5.74, 6) is 0.991. The second kappa shape index (κ2) is 6.74. The van der Waals surface area contributed by atoms with Crippen LogP contribution in [0.4, 0.5) is 11.5 Å². The van der Waals surface area contributed by atoms with Crippen LogP contribution >= 0.6 is 15.9 Å². The van der Waals surface area contributed by atoms with Crippen molar-refractivity contribution >= 4 is 38.5 Å². The second-order valence-electron chi connectivity index (χ2n) is 6.85. The smallest absolute Gasteiger partial charge is 0.154 e. The van der Waals surface area contributed by atoms with Crippen molar-refractivity contribution in [3.8, 4) is 0 Å². The Bertz CT molecular complexity index is 780.